The Morgan fingerprint density at radius 1 is 0.345 bits per heavy atom. The third kappa shape index (κ3) is 5.48. The van der Waals surface area contributed by atoms with Gasteiger partial charge in [0.05, 0.1) is 0 Å². The second-order valence-corrected chi connectivity index (χ2v) is 15.2. The fourth-order valence-electron chi connectivity index (χ4n) is 8.18. The third-order valence-electron chi connectivity index (χ3n) is 10.8. The molecule has 0 unspecified atom stereocenters. The first-order valence-electron chi connectivity index (χ1n) is 18.7. The smallest absolute Gasteiger partial charge is 0.136 e. The third-order valence-corrected chi connectivity index (χ3v) is 12.0. The molecule has 0 radical (unpaired) electrons. The van der Waals surface area contributed by atoms with E-state index in [1.807, 2.05) is 23.5 Å². The molecule has 55 heavy (non-hydrogen) atoms. The molecular formula is C52H33NOS. The maximum Gasteiger partial charge on any atom is 0.136 e. The Labute approximate surface area is 322 Å². The number of rotatable bonds is 6. The average molecular weight is 720 g/mol. The number of nitrogens with zero attached hydrogens (tertiary/aromatic N) is 1. The molecule has 3 heteroatoms. The Hall–Kier alpha value is -6.94. The van der Waals surface area contributed by atoms with E-state index in [2.05, 4.69) is 193 Å². The first-order valence-corrected chi connectivity index (χ1v) is 19.5. The average Bonchev–Trinajstić information content (AvgIpc) is 3.82. The number of benzene rings is 9. The Morgan fingerprint density at radius 3 is 1.84 bits per heavy atom. The van der Waals surface area contributed by atoms with Crippen LogP contribution in [-0.4, -0.2) is 0 Å². The number of para-hydroxylation sites is 1. The maximum atomic E-state index is 6.29. The topological polar surface area (TPSA) is 16.4 Å². The molecule has 0 aliphatic carbocycles. The molecule has 9 aromatic carbocycles. The van der Waals surface area contributed by atoms with Gasteiger partial charge < -0.3 is 9.32 Å². The largest absolute Gasteiger partial charge is 0.456 e. The highest BCUT2D eigenvalue weighted by atomic mass is 32.1. The van der Waals surface area contributed by atoms with Crippen LogP contribution in [0.25, 0.3) is 86.3 Å². The van der Waals surface area contributed by atoms with Gasteiger partial charge in [-0.25, -0.2) is 0 Å². The molecule has 0 spiro atoms. The summed E-state index contributed by atoms with van der Waals surface area (Å²) in [4.78, 5) is 2.38. The molecule has 0 amide bonds. The zero-order valence-corrected chi connectivity index (χ0v) is 30.6. The summed E-state index contributed by atoms with van der Waals surface area (Å²) in [5.74, 6) is 0. The summed E-state index contributed by atoms with van der Waals surface area (Å²) in [5.41, 5.74) is 12.1. The lowest BCUT2D eigenvalue weighted by molar-refractivity contribution is 0.669. The van der Waals surface area contributed by atoms with E-state index in [1.54, 1.807) is 0 Å². The zero-order valence-electron chi connectivity index (χ0n) is 29.8. The van der Waals surface area contributed by atoms with Crippen molar-refractivity contribution in [1.29, 1.82) is 0 Å². The summed E-state index contributed by atoms with van der Waals surface area (Å²) >= 11 is 1.85. The summed E-state index contributed by atoms with van der Waals surface area (Å²) in [7, 11) is 0. The van der Waals surface area contributed by atoms with Crippen molar-refractivity contribution in [1.82, 2.24) is 0 Å². The number of thiophene rings is 1. The van der Waals surface area contributed by atoms with Gasteiger partial charge in [-0.15, -0.1) is 11.3 Å². The molecule has 0 bridgehead atoms. The van der Waals surface area contributed by atoms with Crippen LogP contribution in [0.15, 0.2) is 205 Å². The quantitative estimate of drug-likeness (QED) is 0.170. The minimum atomic E-state index is 0.897. The summed E-state index contributed by atoms with van der Waals surface area (Å²) in [6.07, 6.45) is 0. The fraction of sp³-hybridized carbons (Fsp3) is 0. The molecule has 0 N–H and O–H groups in total. The fourth-order valence-corrected chi connectivity index (χ4v) is 9.26. The van der Waals surface area contributed by atoms with Crippen molar-refractivity contribution >= 4 is 81.3 Å². The normalized spacial score (nSPS) is 11.6. The number of anilines is 3. The van der Waals surface area contributed by atoms with E-state index in [-0.39, 0.29) is 0 Å². The number of furan rings is 1. The van der Waals surface area contributed by atoms with Gasteiger partial charge in [0.2, 0.25) is 0 Å². The van der Waals surface area contributed by atoms with Crippen LogP contribution in [-0.2, 0) is 0 Å². The summed E-state index contributed by atoms with van der Waals surface area (Å²) in [5, 5.41) is 7.37. The molecule has 0 atom stereocenters. The van der Waals surface area contributed by atoms with E-state index in [1.165, 1.54) is 53.2 Å². The Morgan fingerprint density at radius 2 is 0.964 bits per heavy atom. The molecule has 11 aromatic rings. The highest BCUT2D eigenvalue weighted by Crippen LogP contribution is 2.43. The molecular weight excluding hydrogens is 687 g/mol. The molecule has 258 valence electrons. The van der Waals surface area contributed by atoms with Crippen molar-refractivity contribution in [2.24, 2.45) is 0 Å². The molecule has 0 fully saturated rings. The SMILES string of the molecule is c1cc(-c2ccc3sc4ccccc4c3c2)cc(N(c2ccc(-c3ccc4ccccc4c3)cc2)c2cccc(-c3cccc4oc5ccccc5c34)c2)c1. The van der Waals surface area contributed by atoms with Crippen LogP contribution < -0.4 is 4.90 Å². The van der Waals surface area contributed by atoms with E-state index in [0.717, 1.165) is 50.1 Å². The highest BCUT2D eigenvalue weighted by Gasteiger charge is 2.18. The van der Waals surface area contributed by atoms with Gasteiger partial charge in [-0.3, -0.25) is 0 Å². The lowest BCUT2D eigenvalue weighted by atomic mass is 9.98. The van der Waals surface area contributed by atoms with Crippen molar-refractivity contribution in [3.8, 4) is 33.4 Å². The second kappa shape index (κ2) is 12.9. The predicted molar refractivity (Wildman–Crippen MR) is 235 cm³/mol. The molecule has 0 aliphatic rings. The van der Waals surface area contributed by atoms with Crippen molar-refractivity contribution in [2.45, 2.75) is 0 Å². The number of fused-ring (bicyclic) bond motifs is 7. The minimum absolute atomic E-state index is 0.897. The molecule has 2 heterocycles. The van der Waals surface area contributed by atoms with Gasteiger partial charge in [0.15, 0.2) is 0 Å². The van der Waals surface area contributed by atoms with E-state index >= 15 is 0 Å². The Balaban J connectivity index is 1.05. The monoisotopic (exact) mass is 719 g/mol. The number of hydrogen-bond donors (Lipinski definition) is 0. The van der Waals surface area contributed by atoms with E-state index < -0.39 is 0 Å². The summed E-state index contributed by atoms with van der Waals surface area (Å²) < 4.78 is 8.92. The molecule has 2 aromatic heterocycles. The van der Waals surface area contributed by atoms with Crippen LogP contribution in [0.4, 0.5) is 17.1 Å². The maximum absolute atomic E-state index is 6.29. The first kappa shape index (κ1) is 31.6. The molecule has 2 nitrogen and oxygen atoms in total. The van der Waals surface area contributed by atoms with Gasteiger partial charge in [-0.2, -0.15) is 0 Å². The molecule has 0 saturated heterocycles. The van der Waals surface area contributed by atoms with Gasteiger partial charge in [0.1, 0.15) is 11.2 Å². The van der Waals surface area contributed by atoms with Crippen LogP contribution in [0.3, 0.4) is 0 Å². The van der Waals surface area contributed by atoms with E-state index in [4.69, 9.17) is 4.42 Å². The van der Waals surface area contributed by atoms with Gasteiger partial charge >= 0.3 is 0 Å². The molecule has 0 saturated carbocycles. The van der Waals surface area contributed by atoms with Crippen LogP contribution in [0, 0.1) is 0 Å². The van der Waals surface area contributed by atoms with Gasteiger partial charge in [-0.1, -0.05) is 127 Å². The van der Waals surface area contributed by atoms with Crippen LogP contribution in [0.1, 0.15) is 0 Å². The van der Waals surface area contributed by atoms with Crippen molar-refractivity contribution in [3.05, 3.63) is 200 Å². The summed E-state index contributed by atoms with van der Waals surface area (Å²) in [6.45, 7) is 0. The van der Waals surface area contributed by atoms with Crippen LogP contribution >= 0.6 is 11.3 Å². The van der Waals surface area contributed by atoms with Crippen LogP contribution in [0.5, 0.6) is 0 Å². The van der Waals surface area contributed by atoms with Gasteiger partial charge in [-0.05, 0) is 117 Å². The second-order valence-electron chi connectivity index (χ2n) is 14.1. The van der Waals surface area contributed by atoms with E-state index in [9.17, 15) is 0 Å². The molecule has 11 rings (SSSR count). The predicted octanol–water partition coefficient (Wildman–Crippen LogP) is 15.6. The standard InChI is InChI=1S/C52H33NOS/c1-2-11-36-30-38(23-22-34(36)10-1)35-24-27-41(28-25-35)53(42-14-7-12-37(31-42)39-26-29-51-47(33-39)45-16-4-6-21-50(45)55-51)43-15-8-13-40(32-43)44-18-9-20-49-52(44)46-17-3-5-19-48(46)54-49/h1-33H. The van der Waals surface area contributed by atoms with Gasteiger partial charge in [0.25, 0.3) is 0 Å². The summed E-state index contributed by atoms with van der Waals surface area (Å²) in [6, 6.07) is 72.3. The Kier molecular flexibility index (Phi) is 7.39. The molecule has 0 aliphatic heterocycles. The van der Waals surface area contributed by atoms with Crippen molar-refractivity contribution in [2.75, 3.05) is 4.90 Å². The van der Waals surface area contributed by atoms with Gasteiger partial charge in [0, 0.05) is 48.0 Å². The Bertz CT molecular complexity index is 3220. The van der Waals surface area contributed by atoms with Crippen LogP contribution in [0.2, 0.25) is 0 Å². The van der Waals surface area contributed by atoms with Crippen molar-refractivity contribution in [3.63, 3.8) is 0 Å². The highest BCUT2D eigenvalue weighted by molar-refractivity contribution is 7.25. The van der Waals surface area contributed by atoms with E-state index in [0.29, 0.717) is 0 Å². The number of hydrogen-bond acceptors (Lipinski definition) is 3. The zero-order chi connectivity index (χ0) is 36.3. The lowest BCUT2D eigenvalue weighted by Crippen LogP contribution is -2.10. The lowest BCUT2D eigenvalue weighted by Gasteiger charge is -2.27. The minimum Gasteiger partial charge on any atom is -0.456 e. The van der Waals surface area contributed by atoms with Crippen molar-refractivity contribution < 1.29 is 4.42 Å². The first-order chi connectivity index (χ1) is 27.2.